The first-order valence-corrected chi connectivity index (χ1v) is 12.8. The lowest BCUT2D eigenvalue weighted by atomic mass is 9.81. The Morgan fingerprint density at radius 1 is 1.28 bits per heavy atom. The number of aromatic nitrogens is 3. The van der Waals surface area contributed by atoms with Gasteiger partial charge in [0.15, 0.2) is 0 Å². The van der Waals surface area contributed by atoms with Gasteiger partial charge in [-0.15, -0.1) is 11.8 Å². The Hall–Kier alpha value is -3.28. The number of fused-ring (bicyclic) bond motifs is 2. The van der Waals surface area contributed by atoms with Gasteiger partial charge in [0.25, 0.3) is 5.91 Å². The number of anilines is 2. The molecule has 0 radical (unpaired) electrons. The average molecular weight is 509 g/mol. The highest BCUT2D eigenvalue weighted by atomic mass is 32.2. The van der Waals surface area contributed by atoms with Crippen LogP contribution in [-0.4, -0.2) is 56.4 Å². The first-order valence-electron chi connectivity index (χ1n) is 11.8. The topological polar surface area (TPSA) is 138 Å². The Morgan fingerprint density at radius 2 is 2.08 bits per heavy atom. The monoisotopic (exact) mass is 508 g/mol. The second kappa shape index (κ2) is 10.00. The molecular weight excluding hydrogens is 480 g/mol. The van der Waals surface area contributed by atoms with Crippen molar-refractivity contribution in [3.8, 4) is 5.88 Å². The van der Waals surface area contributed by atoms with E-state index in [1.165, 1.54) is 18.9 Å². The smallest absolute Gasteiger partial charge is 0.256 e. The summed E-state index contributed by atoms with van der Waals surface area (Å²) in [7, 11) is 1.53. The van der Waals surface area contributed by atoms with Crippen LogP contribution >= 0.6 is 11.8 Å². The number of methoxy groups -OCH3 is 1. The molecule has 2 amide bonds. The molecule has 1 fully saturated rings. The second-order valence-electron chi connectivity index (χ2n) is 9.16. The number of amides is 2. The van der Waals surface area contributed by atoms with E-state index in [1.54, 1.807) is 24.4 Å². The maximum Gasteiger partial charge on any atom is 0.256 e. The number of pyridine rings is 3. The van der Waals surface area contributed by atoms with Gasteiger partial charge in [0.1, 0.15) is 16.9 Å². The number of carbonyl (C=O) groups excluding carboxylic acids is 2. The maximum absolute atomic E-state index is 13.1. The van der Waals surface area contributed by atoms with E-state index in [4.69, 9.17) is 4.74 Å². The molecule has 36 heavy (non-hydrogen) atoms. The Balaban J connectivity index is 1.20. The number of nitrogens with zero attached hydrogens (tertiary/aromatic N) is 3. The van der Waals surface area contributed by atoms with Gasteiger partial charge < -0.3 is 25.8 Å². The van der Waals surface area contributed by atoms with E-state index in [0.717, 1.165) is 16.2 Å². The Bertz CT molecular complexity index is 1330. The quantitative estimate of drug-likeness (QED) is 0.396. The molecule has 0 aromatic carbocycles. The second-order valence-corrected chi connectivity index (χ2v) is 10.2. The van der Waals surface area contributed by atoms with Crippen molar-refractivity contribution < 1.29 is 19.4 Å². The number of ether oxygens (including phenoxy) is 1. The largest absolute Gasteiger partial charge is 0.481 e. The molecule has 1 saturated carbocycles. The molecule has 0 spiro atoms. The summed E-state index contributed by atoms with van der Waals surface area (Å²) in [5.74, 6) is 0.956. The van der Waals surface area contributed by atoms with Gasteiger partial charge >= 0.3 is 0 Å². The first-order chi connectivity index (χ1) is 17.3. The maximum atomic E-state index is 13.1. The van der Waals surface area contributed by atoms with Crippen LogP contribution in [0.4, 0.5) is 11.5 Å². The third-order valence-corrected chi connectivity index (χ3v) is 7.74. The number of hydrogen-bond donors (Lipinski definition) is 4. The molecule has 5 rings (SSSR count). The van der Waals surface area contributed by atoms with Gasteiger partial charge in [0, 0.05) is 24.8 Å². The molecule has 1 aliphatic carbocycles. The molecule has 1 aliphatic heterocycles. The van der Waals surface area contributed by atoms with E-state index in [0.29, 0.717) is 66.4 Å². The van der Waals surface area contributed by atoms with Crippen molar-refractivity contribution in [2.75, 3.05) is 23.5 Å². The molecule has 0 atom stereocenters. The lowest BCUT2D eigenvalue weighted by Crippen LogP contribution is -2.48. The summed E-state index contributed by atoms with van der Waals surface area (Å²) in [5, 5.41) is 20.3. The zero-order valence-electron chi connectivity index (χ0n) is 20.1. The van der Waals surface area contributed by atoms with Crippen LogP contribution in [0, 0.1) is 6.92 Å². The van der Waals surface area contributed by atoms with Crippen LogP contribution in [-0.2, 0) is 16.1 Å². The molecule has 10 nitrogen and oxygen atoms in total. The molecule has 11 heteroatoms. The van der Waals surface area contributed by atoms with E-state index in [9.17, 15) is 14.7 Å². The van der Waals surface area contributed by atoms with Crippen molar-refractivity contribution in [1.29, 1.82) is 0 Å². The minimum Gasteiger partial charge on any atom is -0.481 e. The van der Waals surface area contributed by atoms with Crippen LogP contribution in [0.15, 0.2) is 35.4 Å². The third-order valence-electron chi connectivity index (χ3n) is 6.71. The predicted molar refractivity (Wildman–Crippen MR) is 137 cm³/mol. The molecule has 2 aliphatic rings. The number of hydrogen-bond acceptors (Lipinski definition) is 9. The Morgan fingerprint density at radius 3 is 2.86 bits per heavy atom. The van der Waals surface area contributed by atoms with E-state index in [-0.39, 0.29) is 11.9 Å². The molecule has 4 heterocycles. The summed E-state index contributed by atoms with van der Waals surface area (Å²) in [6.07, 6.45) is 3.55. The molecule has 3 aromatic rings. The fourth-order valence-electron chi connectivity index (χ4n) is 4.54. The van der Waals surface area contributed by atoms with Crippen molar-refractivity contribution >= 4 is 46.1 Å². The Kier molecular flexibility index (Phi) is 6.78. The van der Waals surface area contributed by atoms with E-state index in [1.807, 2.05) is 6.92 Å². The van der Waals surface area contributed by atoms with Crippen LogP contribution in [0.3, 0.4) is 0 Å². The molecule has 188 valence electrons. The fraction of sp³-hybridized carbons (Fsp3) is 0.400. The number of nitrogens with one attached hydrogen (secondary N) is 3. The number of aryl methyl sites for hydroxylation is 1. The first kappa shape index (κ1) is 24.4. The number of thioether (sulfide) groups is 1. The summed E-state index contributed by atoms with van der Waals surface area (Å²) < 4.78 is 5.19. The lowest BCUT2D eigenvalue weighted by molar-refractivity contribution is -0.137. The lowest BCUT2D eigenvalue weighted by Gasteiger charge is -2.35. The van der Waals surface area contributed by atoms with Crippen LogP contribution in [0.1, 0.15) is 36.9 Å². The highest BCUT2D eigenvalue weighted by molar-refractivity contribution is 8.00. The van der Waals surface area contributed by atoms with Crippen molar-refractivity contribution in [1.82, 2.24) is 20.3 Å². The van der Waals surface area contributed by atoms with E-state index < -0.39 is 11.5 Å². The number of carbonyl (C=O) groups is 2. The summed E-state index contributed by atoms with van der Waals surface area (Å²) in [6, 6.07) is 7.35. The minimum absolute atomic E-state index is 0.0395. The minimum atomic E-state index is -1.46. The zero-order chi connectivity index (χ0) is 25.3. The number of rotatable bonds is 6. The molecule has 0 unspecified atom stereocenters. The highest BCUT2D eigenvalue weighted by Gasteiger charge is 2.40. The van der Waals surface area contributed by atoms with Gasteiger partial charge in [0.2, 0.25) is 11.8 Å². The molecule has 0 bridgehead atoms. The zero-order valence-corrected chi connectivity index (χ0v) is 20.9. The summed E-state index contributed by atoms with van der Waals surface area (Å²) >= 11 is 1.50. The standard InChI is InChI=1S/C25H28N6O4S/c1-14-11-19-23(30-20(32)13-36-19)28-18(14)12-27-15-5-8-25(34,9-6-15)24(33)29-17-7-10-26-16-3-4-21(35-2)31-22(16)17/h3-4,7,10-11,15,27,34H,5-6,8-9,12-13H2,1-2H3,(H,26,29,33)(H,28,30,32)/t15-,25+. The average Bonchev–Trinajstić information content (AvgIpc) is 2.88. The van der Waals surface area contributed by atoms with Gasteiger partial charge in [-0.3, -0.25) is 14.6 Å². The van der Waals surface area contributed by atoms with Crippen LogP contribution in [0.5, 0.6) is 5.88 Å². The Labute approximate surface area is 212 Å². The van der Waals surface area contributed by atoms with Gasteiger partial charge in [-0.05, 0) is 56.4 Å². The summed E-state index contributed by atoms with van der Waals surface area (Å²) in [5.41, 5.74) is 2.09. The van der Waals surface area contributed by atoms with Crippen LogP contribution in [0.25, 0.3) is 11.0 Å². The SMILES string of the molecule is COc1ccc2nccc(NC(=O)[C@]3(O)CC[C@@H](NCc4nc5c(cc4C)SCC(=O)N5)CC3)c2n1. The van der Waals surface area contributed by atoms with Crippen LogP contribution in [0.2, 0.25) is 0 Å². The summed E-state index contributed by atoms with van der Waals surface area (Å²) in [4.78, 5) is 39.1. The van der Waals surface area contributed by atoms with E-state index in [2.05, 4.69) is 37.0 Å². The van der Waals surface area contributed by atoms with Gasteiger partial charge in [-0.2, -0.15) is 0 Å². The third kappa shape index (κ3) is 4.99. The van der Waals surface area contributed by atoms with E-state index >= 15 is 0 Å². The van der Waals surface area contributed by atoms with Crippen molar-refractivity contribution in [3.05, 3.63) is 41.7 Å². The molecular formula is C25H28N6O4S. The highest BCUT2D eigenvalue weighted by Crippen LogP contribution is 2.33. The van der Waals surface area contributed by atoms with Crippen molar-refractivity contribution in [3.63, 3.8) is 0 Å². The molecule has 4 N–H and O–H groups in total. The molecule has 0 saturated heterocycles. The van der Waals surface area contributed by atoms with Crippen LogP contribution < -0.4 is 20.7 Å². The normalized spacial score (nSPS) is 21.5. The van der Waals surface area contributed by atoms with Gasteiger partial charge in [-0.1, -0.05) is 0 Å². The predicted octanol–water partition coefficient (Wildman–Crippen LogP) is 2.79. The van der Waals surface area contributed by atoms with Crippen molar-refractivity contribution in [2.45, 2.75) is 55.7 Å². The van der Waals surface area contributed by atoms with Gasteiger partial charge in [-0.25, -0.2) is 9.97 Å². The van der Waals surface area contributed by atoms with Crippen molar-refractivity contribution in [2.24, 2.45) is 0 Å². The van der Waals surface area contributed by atoms with Gasteiger partial charge in [0.05, 0.1) is 34.7 Å². The number of aliphatic hydroxyl groups is 1. The molecule has 3 aromatic heterocycles. The summed E-state index contributed by atoms with van der Waals surface area (Å²) in [6.45, 7) is 2.56. The fourth-order valence-corrected chi connectivity index (χ4v) is 5.40.